The quantitative estimate of drug-likeness (QED) is 0.574. The molecule has 3 rings (SSSR count). The van der Waals surface area contributed by atoms with Crippen molar-refractivity contribution in [2.75, 3.05) is 32.8 Å². The Kier molecular flexibility index (Phi) is 7.35. The van der Waals surface area contributed by atoms with E-state index in [1.807, 2.05) is 0 Å². The van der Waals surface area contributed by atoms with Crippen molar-refractivity contribution in [1.29, 1.82) is 0 Å². The lowest BCUT2D eigenvalue weighted by Gasteiger charge is -2.34. The second-order valence-corrected chi connectivity index (χ2v) is 8.04. The molecule has 1 aromatic carbocycles. The minimum atomic E-state index is -0.431. The highest BCUT2D eigenvalue weighted by molar-refractivity contribution is 6.52. The van der Waals surface area contributed by atoms with Crippen molar-refractivity contribution in [2.45, 2.75) is 0 Å². The molecule has 1 aliphatic heterocycles. The fourth-order valence-corrected chi connectivity index (χ4v) is 3.64. The van der Waals surface area contributed by atoms with Gasteiger partial charge in [-0.05, 0) is 24.3 Å². The Morgan fingerprint density at radius 3 is 2.07 bits per heavy atom. The average Bonchev–Trinajstić information content (AvgIpc) is 2.73. The number of rotatable bonds is 4. The summed E-state index contributed by atoms with van der Waals surface area (Å²) in [6.45, 7) is 1.20. The number of carbonyl (C=O) groups excluding carboxylic acids is 2. The van der Waals surface area contributed by atoms with Crippen LogP contribution in [-0.4, -0.2) is 59.4 Å². The molecule has 2 aromatic rings. The summed E-state index contributed by atoms with van der Waals surface area (Å²) in [5, 5.41) is 0.400. The number of ether oxygens (including phenoxy) is 1. The normalized spacial score (nSPS) is 14.1. The second-order valence-electron chi connectivity index (χ2n) is 6.11. The van der Waals surface area contributed by atoms with E-state index in [0.29, 0.717) is 37.0 Å². The first-order valence-electron chi connectivity index (χ1n) is 8.43. The molecule has 0 atom stereocenters. The Labute approximate surface area is 192 Å². The number of pyridine rings is 1. The number of nitrogens with zero attached hydrogens (tertiary/aromatic N) is 3. The molecule has 0 aliphatic carbocycles. The molecule has 0 radical (unpaired) electrons. The van der Waals surface area contributed by atoms with Crippen molar-refractivity contribution in [3.63, 3.8) is 0 Å². The van der Waals surface area contributed by atoms with Gasteiger partial charge in [-0.3, -0.25) is 9.59 Å². The van der Waals surface area contributed by atoms with Gasteiger partial charge in [-0.15, -0.1) is 0 Å². The van der Waals surface area contributed by atoms with Crippen LogP contribution in [0.25, 0.3) is 0 Å². The molecular formula is C18H14Cl5N3O3. The molecule has 6 nitrogen and oxygen atoms in total. The van der Waals surface area contributed by atoms with E-state index in [-0.39, 0.29) is 38.4 Å². The van der Waals surface area contributed by atoms with E-state index >= 15 is 0 Å². The minimum absolute atomic E-state index is 0.00835. The van der Waals surface area contributed by atoms with Crippen LogP contribution in [0.3, 0.4) is 0 Å². The van der Waals surface area contributed by atoms with Gasteiger partial charge in [0.2, 0.25) is 0 Å². The number of aromatic nitrogens is 1. The lowest BCUT2D eigenvalue weighted by Crippen LogP contribution is -2.51. The molecule has 1 saturated heterocycles. The zero-order valence-electron chi connectivity index (χ0n) is 14.8. The highest BCUT2D eigenvalue weighted by Crippen LogP contribution is 2.36. The molecule has 154 valence electrons. The van der Waals surface area contributed by atoms with Crippen LogP contribution in [0.4, 0.5) is 0 Å². The maximum absolute atomic E-state index is 12.7. The number of hydrogen-bond donors (Lipinski definition) is 0. The van der Waals surface area contributed by atoms with Gasteiger partial charge in [-0.25, -0.2) is 4.98 Å². The smallest absolute Gasteiger partial charge is 0.274 e. The zero-order valence-corrected chi connectivity index (χ0v) is 18.6. The van der Waals surface area contributed by atoms with E-state index in [4.69, 9.17) is 62.7 Å². The molecule has 2 amide bonds. The first-order chi connectivity index (χ1) is 13.8. The second kappa shape index (κ2) is 9.58. The van der Waals surface area contributed by atoms with Crippen molar-refractivity contribution in [1.82, 2.24) is 14.8 Å². The van der Waals surface area contributed by atoms with Crippen molar-refractivity contribution in [3.05, 3.63) is 55.2 Å². The molecule has 29 heavy (non-hydrogen) atoms. The third-order valence-corrected chi connectivity index (χ3v) is 6.21. The van der Waals surface area contributed by atoms with E-state index in [1.165, 1.54) is 4.90 Å². The monoisotopic (exact) mass is 495 g/mol. The Morgan fingerprint density at radius 1 is 0.862 bits per heavy atom. The van der Waals surface area contributed by atoms with Gasteiger partial charge >= 0.3 is 0 Å². The Morgan fingerprint density at radius 2 is 1.45 bits per heavy atom. The Hall–Kier alpha value is -1.44. The first-order valence-corrected chi connectivity index (χ1v) is 10.3. The maximum atomic E-state index is 12.7. The lowest BCUT2D eigenvalue weighted by atomic mass is 10.2. The molecule has 11 heteroatoms. The SMILES string of the molecule is O=C(COc1ccc(Cl)cc1)N1CCN(C(=O)c2nc(Cl)c(Cl)c(Cl)c2Cl)CC1. The zero-order chi connectivity index (χ0) is 21.1. The van der Waals surface area contributed by atoms with Crippen LogP contribution >= 0.6 is 58.0 Å². The summed E-state index contributed by atoms with van der Waals surface area (Å²) >= 11 is 29.7. The van der Waals surface area contributed by atoms with Gasteiger partial charge in [0.1, 0.15) is 16.6 Å². The Bertz CT molecular complexity index is 931. The average molecular weight is 498 g/mol. The summed E-state index contributed by atoms with van der Waals surface area (Å²) in [5.74, 6) is -0.0606. The number of hydrogen-bond acceptors (Lipinski definition) is 4. The maximum Gasteiger partial charge on any atom is 0.274 e. The van der Waals surface area contributed by atoms with Crippen molar-refractivity contribution in [3.8, 4) is 5.75 Å². The van der Waals surface area contributed by atoms with E-state index in [1.54, 1.807) is 29.2 Å². The summed E-state index contributed by atoms with van der Waals surface area (Å²) in [6, 6.07) is 6.73. The van der Waals surface area contributed by atoms with E-state index < -0.39 is 5.91 Å². The van der Waals surface area contributed by atoms with Crippen LogP contribution in [-0.2, 0) is 4.79 Å². The molecular weight excluding hydrogens is 483 g/mol. The highest BCUT2D eigenvalue weighted by atomic mass is 35.5. The number of piperazine rings is 1. The first kappa shape index (κ1) is 22.2. The summed E-state index contributed by atoms with van der Waals surface area (Å²) in [5.41, 5.74) is -0.0723. The van der Waals surface area contributed by atoms with E-state index in [2.05, 4.69) is 4.98 Å². The molecule has 0 bridgehead atoms. The fraction of sp³-hybridized carbons (Fsp3) is 0.278. The van der Waals surface area contributed by atoms with E-state index in [0.717, 1.165) is 0 Å². The molecule has 0 unspecified atom stereocenters. The Balaban J connectivity index is 1.56. The molecule has 0 spiro atoms. The number of amides is 2. The van der Waals surface area contributed by atoms with Crippen LogP contribution in [0.1, 0.15) is 10.5 Å². The van der Waals surface area contributed by atoms with Gasteiger partial charge in [0, 0.05) is 31.2 Å². The molecule has 2 heterocycles. The van der Waals surface area contributed by atoms with Crippen LogP contribution in [0, 0.1) is 0 Å². The third kappa shape index (κ3) is 5.19. The predicted molar refractivity (Wildman–Crippen MR) is 114 cm³/mol. The standard InChI is InChI=1S/C18H14Cl5N3O3/c19-10-1-3-11(4-2-10)29-9-12(27)25-5-7-26(8-6-25)18(28)16-14(21)13(20)15(22)17(23)24-16/h1-4H,5-9H2. The summed E-state index contributed by atoms with van der Waals surface area (Å²) in [6.07, 6.45) is 0. The topological polar surface area (TPSA) is 62.7 Å². The van der Waals surface area contributed by atoms with Crippen molar-refractivity contribution < 1.29 is 14.3 Å². The number of halogens is 5. The molecule has 1 aliphatic rings. The number of carbonyl (C=O) groups is 2. The molecule has 0 N–H and O–H groups in total. The van der Waals surface area contributed by atoms with Gasteiger partial charge in [0.25, 0.3) is 11.8 Å². The van der Waals surface area contributed by atoms with Crippen LogP contribution in [0.2, 0.25) is 25.2 Å². The molecule has 1 fully saturated rings. The van der Waals surface area contributed by atoms with Crippen LogP contribution < -0.4 is 4.74 Å². The highest BCUT2D eigenvalue weighted by Gasteiger charge is 2.28. The van der Waals surface area contributed by atoms with Gasteiger partial charge in [-0.1, -0.05) is 58.0 Å². The summed E-state index contributed by atoms with van der Waals surface area (Å²) in [7, 11) is 0. The molecule has 0 saturated carbocycles. The lowest BCUT2D eigenvalue weighted by molar-refractivity contribution is -0.134. The van der Waals surface area contributed by atoms with Crippen molar-refractivity contribution in [2.24, 2.45) is 0 Å². The van der Waals surface area contributed by atoms with Gasteiger partial charge in [-0.2, -0.15) is 0 Å². The van der Waals surface area contributed by atoms with E-state index in [9.17, 15) is 9.59 Å². The summed E-state index contributed by atoms with van der Waals surface area (Å²) < 4.78 is 5.47. The van der Waals surface area contributed by atoms with Gasteiger partial charge < -0.3 is 14.5 Å². The summed E-state index contributed by atoms with van der Waals surface area (Å²) in [4.78, 5) is 32.2. The van der Waals surface area contributed by atoms with Crippen molar-refractivity contribution >= 4 is 69.8 Å². The van der Waals surface area contributed by atoms with Gasteiger partial charge in [0.15, 0.2) is 6.61 Å². The number of benzene rings is 1. The fourth-order valence-electron chi connectivity index (χ4n) is 2.70. The minimum Gasteiger partial charge on any atom is -0.484 e. The van der Waals surface area contributed by atoms with Crippen LogP contribution in [0.15, 0.2) is 24.3 Å². The molecule has 1 aromatic heterocycles. The largest absolute Gasteiger partial charge is 0.484 e. The van der Waals surface area contributed by atoms with Gasteiger partial charge in [0.05, 0.1) is 15.1 Å². The predicted octanol–water partition coefficient (Wildman–Crippen LogP) is 4.71. The third-order valence-electron chi connectivity index (χ3n) is 4.28. The van der Waals surface area contributed by atoms with Crippen LogP contribution in [0.5, 0.6) is 5.75 Å².